The van der Waals surface area contributed by atoms with E-state index in [-0.39, 0.29) is 5.84 Å². The highest BCUT2D eigenvalue weighted by Gasteiger charge is 2.38. The quantitative estimate of drug-likeness (QED) is 0.385. The molecule has 0 amide bonds. The Balaban J connectivity index is 0.000000370. The number of carbonyl (C=O) groups is 1. The molecule has 0 radical (unpaired) electrons. The Hall–Kier alpha value is -3.89. The second kappa shape index (κ2) is 8.87. The molecule has 0 aliphatic carbocycles. The molecule has 0 aliphatic heterocycles. The maximum Gasteiger partial charge on any atom is 0.490 e. The molecular formula is C18H16F3N5O3. The van der Waals surface area contributed by atoms with Gasteiger partial charge in [0.05, 0.1) is 12.8 Å². The molecule has 11 heteroatoms. The van der Waals surface area contributed by atoms with E-state index in [0.717, 1.165) is 16.5 Å². The van der Waals surface area contributed by atoms with Gasteiger partial charge in [0.15, 0.2) is 0 Å². The minimum absolute atomic E-state index is 0.0200. The lowest BCUT2D eigenvalue weighted by Crippen LogP contribution is -2.21. The predicted molar refractivity (Wildman–Crippen MR) is 101 cm³/mol. The first-order valence-corrected chi connectivity index (χ1v) is 7.92. The topological polar surface area (TPSA) is 134 Å². The first-order chi connectivity index (χ1) is 13.6. The van der Waals surface area contributed by atoms with Gasteiger partial charge in [-0.15, -0.1) is 0 Å². The number of nitrogens with two attached hydrogens (primary N) is 1. The molecule has 0 bridgehead atoms. The molecule has 1 aromatic heterocycles. The van der Waals surface area contributed by atoms with Crippen LogP contribution in [-0.2, 0) is 4.79 Å². The van der Waals surface area contributed by atoms with E-state index < -0.39 is 12.1 Å². The van der Waals surface area contributed by atoms with Crippen molar-refractivity contribution in [1.29, 1.82) is 5.41 Å². The number of nitrogens with one attached hydrogen (secondary N) is 2. The number of ether oxygens (including phenoxy) is 1. The second-order valence-electron chi connectivity index (χ2n) is 5.49. The van der Waals surface area contributed by atoms with Crippen LogP contribution in [0.5, 0.6) is 5.75 Å². The van der Waals surface area contributed by atoms with E-state index in [1.165, 1.54) is 0 Å². The molecule has 0 atom stereocenters. The summed E-state index contributed by atoms with van der Waals surface area (Å²) in [7, 11) is 1.60. The van der Waals surface area contributed by atoms with E-state index in [4.69, 9.17) is 25.8 Å². The first kappa shape index (κ1) is 21.4. The summed E-state index contributed by atoms with van der Waals surface area (Å²) in [6, 6.07) is 11.2. The van der Waals surface area contributed by atoms with Gasteiger partial charge in [-0.25, -0.2) is 14.8 Å². The molecule has 29 heavy (non-hydrogen) atoms. The van der Waals surface area contributed by atoms with Gasteiger partial charge < -0.3 is 20.9 Å². The number of nitrogens with zero attached hydrogens (tertiary/aromatic N) is 2. The molecule has 3 aromatic rings. The number of alkyl halides is 3. The number of hydrogen-bond donors (Lipinski definition) is 4. The van der Waals surface area contributed by atoms with Gasteiger partial charge in [0.1, 0.15) is 11.6 Å². The molecule has 0 unspecified atom stereocenters. The second-order valence-corrected chi connectivity index (χ2v) is 5.49. The fraction of sp³-hybridized carbons (Fsp3) is 0.111. The van der Waals surface area contributed by atoms with E-state index in [1.807, 2.05) is 30.3 Å². The minimum atomic E-state index is -5.08. The van der Waals surface area contributed by atoms with Gasteiger partial charge in [-0.05, 0) is 23.6 Å². The molecule has 8 nitrogen and oxygen atoms in total. The monoisotopic (exact) mass is 407 g/mol. The summed E-state index contributed by atoms with van der Waals surface area (Å²) in [5.41, 5.74) is 6.98. The number of carboxylic acids is 1. The SMILES string of the molecule is COc1ccc2ccc(C(=N)N)cc2c1Nc1ncccn1.O=C(O)C(F)(F)F. The zero-order valence-corrected chi connectivity index (χ0v) is 15.0. The van der Waals surface area contributed by atoms with Crippen molar-refractivity contribution in [2.24, 2.45) is 5.73 Å². The summed E-state index contributed by atoms with van der Waals surface area (Å²) in [4.78, 5) is 17.2. The van der Waals surface area contributed by atoms with Crippen molar-refractivity contribution in [3.63, 3.8) is 0 Å². The standard InChI is InChI=1S/C16H15N5O.C2HF3O2/c1-22-13-6-5-10-3-4-11(15(17)18)9-12(10)14(13)21-16-19-7-2-8-20-16;3-2(4,5)1(6)7/h2-9H,1H3,(H3,17,18)(H,19,20,21);(H,6,7). The highest BCUT2D eigenvalue weighted by atomic mass is 19.4. The van der Waals surface area contributed by atoms with Crippen LogP contribution >= 0.6 is 0 Å². The van der Waals surface area contributed by atoms with E-state index in [0.29, 0.717) is 17.3 Å². The number of carboxylic acid groups (broad SMARTS) is 1. The van der Waals surface area contributed by atoms with Crippen LogP contribution in [0, 0.1) is 5.41 Å². The van der Waals surface area contributed by atoms with Crippen LogP contribution in [0.3, 0.4) is 0 Å². The third-order valence-electron chi connectivity index (χ3n) is 3.56. The molecule has 1 heterocycles. The number of anilines is 2. The Morgan fingerprint density at radius 3 is 2.31 bits per heavy atom. The molecule has 0 fully saturated rings. The Morgan fingerprint density at radius 2 is 1.79 bits per heavy atom. The van der Waals surface area contributed by atoms with Gasteiger partial charge in [0.2, 0.25) is 5.95 Å². The predicted octanol–water partition coefficient (Wildman–Crippen LogP) is 3.30. The summed E-state index contributed by atoms with van der Waals surface area (Å²) >= 11 is 0. The van der Waals surface area contributed by atoms with Crippen LogP contribution in [0.4, 0.5) is 24.8 Å². The summed E-state index contributed by atoms with van der Waals surface area (Å²) in [5.74, 6) is -1.60. The van der Waals surface area contributed by atoms with Gasteiger partial charge in [-0.1, -0.05) is 18.2 Å². The van der Waals surface area contributed by atoms with E-state index in [2.05, 4.69) is 15.3 Å². The van der Waals surface area contributed by atoms with Crippen LogP contribution in [0.1, 0.15) is 5.56 Å². The average Bonchev–Trinajstić information content (AvgIpc) is 2.68. The maximum absolute atomic E-state index is 10.6. The number of methoxy groups -OCH3 is 1. The van der Waals surface area contributed by atoms with Crippen molar-refractivity contribution in [3.05, 3.63) is 54.4 Å². The number of hydrogen-bond acceptors (Lipinski definition) is 6. The Labute approximate surface area is 162 Å². The number of aliphatic carboxylic acids is 1. The Bertz CT molecular complexity index is 1030. The third-order valence-corrected chi connectivity index (χ3v) is 3.56. The molecule has 3 rings (SSSR count). The lowest BCUT2D eigenvalue weighted by atomic mass is 10.0. The van der Waals surface area contributed by atoms with Gasteiger partial charge in [-0.2, -0.15) is 13.2 Å². The molecular weight excluding hydrogens is 391 g/mol. The van der Waals surface area contributed by atoms with Crippen molar-refractivity contribution in [2.45, 2.75) is 6.18 Å². The van der Waals surface area contributed by atoms with E-state index in [9.17, 15) is 13.2 Å². The zero-order chi connectivity index (χ0) is 21.6. The van der Waals surface area contributed by atoms with E-state index >= 15 is 0 Å². The minimum Gasteiger partial charge on any atom is -0.495 e. The number of fused-ring (bicyclic) bond motifs is 1. The number of amidine groups is 1. The molecule has 0 aliphatic rings. The van der Waals surface area contributed by atoms with Crippen molar-refractivity contribution in [2.75, 3.05) is 12.4 Å². The van der Waals surface area contributed by atoms with Crippen LogP contribution in [0.15, 0.2) is 48.8 Å². The maximum atomic E-state index is 10.6. The van der Waals surface area contributed by atoms with Gasteiger partial charge in [-0.3, -0.25) is 5.41 Å². The molecule has 0 saturated carbocycles. The van der Waals surface area contributed by atoms with Crippen LogP contribution in [0.25, 0.3) is 10.8 Å². The summed E-state index contributed by atoms with van der Waals surface area (Å²) < 4.78 is 37.2. The first-order valence-electron chi connectivity index (χ1n) is 7.92. The fourth-order valence-electron chi connectivity index (χ4n) is 2.24. The van der Waals surface area contributed by atoms with E-state index in [1.54, 1.807) is 25.6 Å². The zero-order valence-electron chi connectivity index (χ0n) is 15.0. The van der Waals surface area contributed by atoms with Crippen molar-refractivity contribution >= 4 is 34.2 Å². The molecule has 152 valence electrons. The number of benzene rings is 2. The van der Waals surface area contributed by atoms with Crippen LogP contribution in [0.2, 0.25) is 0 Å². The number of halogens is 3. The summed E-state index contributed by atoms with van der Waals surface area (Å²) in [6.45, 7) is 0. The van der Waals surface area contributed by atoms with Crippen molar-refractivity contribution in [3.8, 4) is 5.75 Å². The number of aromatic nitrogens is 2. The highest BCUT2D eigenvalue weighted by Crippen LogP contribution is 2.35. The highest BCUT2D eigenvalue weighted by molar-refractivity contribution is 6.04. The smallest absolute Gasteiger partial charge is 0.490 e. The summed E-state index contributed by atoms with van der Waals surface area (Å²) in [6.07, 6.45) is -1.76. The molecule has 2 aromatic carbocycles. The average molecular weight is 407 g/mol. The van der Waals surface area contributed by atoms with Gasteiger partial charge in [0, 0.05) is 23.3 Å². The lowest BCUT2D eigenvalue weighted by Gasteiger charge is -2.14. The van der Waals surface area contributed by atoms with Crippen molar-refractivity contribution < 1.29 is 27.8 Å². The summed E-state index contributed by atoms with van der Waals surface area (Å²) in [5, 5.41) is 19.8. The number of nitrogen functional groups attached to an aromatic ring is 1. The number of rotatable bonds is 4. The Kier molecular flexibility index (Phi) is 6.55. The molecule has 0 spiro atoms. The molecule has 0 saturated heterocycles. The largest absolute Gasteiger partial charge is 0.495 e. The van der Waals surface area contributed by atoms with Gasteiger partial charge >= 0.3 is 12.1 Å². The van der Waals surface area contributed by atoms with Crippen LogP contribution in [-0.4, -0.2) is 40.2 Å². The Morgan fingerprint density at radius 1 is 1.21 bits per heavy atom. The molecule has 5 N–H and O–H groups in total. The van der Waals surface area contributed by atoms with Gasteiger partial charge in [0.25, 0.3) is 0 Å². The normalized spacial score (nSPS) is 10.6. The van der Waals surface area contributed by atoms with Crippen LogP contribution < -0.4 is 15.8 Å². The van der Waals surface area contributed by atoms with Crippen molar-refractivity contribution in [1.82, 2.24) is 9.97 Å². The lowest BCUT2D eigenvalue weighted by molar-refractivity contribution is -0.192. The third kappa shape index (κ3) is 5.54. The fourth-order valence-corrected chi connectivity index (χ4v) is 2.24.